The highest BCUT2D eigenvalue weighted by atomic mass is 16.1. The van der Waals surface area contributed by atoms with Gasteiger partial charge in [-0.3, -0.25) is 4.79 Å². The molecule has 0 saturated heterocycles. The van der Waals surface area contributed by atoms with E-state index in [1.54, 1.807) is 0 Å². The Bertz CT molecular complexity index is 346. The van der Waals surface area contributed by atoms with Crippen molar-refractivity contribution in [1.29, 1.82) is 0 Å². The lowest BCUT2D eigenvalue weighted by molar-refractivity contribution is -0.114. The Hall–Kier alpha value is -1.35. The molecule has 0 saturated carbocycles. The van der Waals surface area contributed by atoms with Gasteiger partial charge in [-0.1, -0.05) is 19.1 Å². The van der Waals surface area contributed by atoms with Gasteiger partial charge >= 0.3 is 0 Å². The van der Waals surface area contributed by atoms with E-state index >= 15 is 0 Å². The molecule has 0 bridgehead atoms. The monoisotopic (exact) mass is 234 g/mol. The molecule has 0 heterocycles. The van der Waals surface area contributed by atoms with Crippen LogP contribution in [-0.2, 0) is 11.2 Å². The Labute approximate surface area is 104 Å². The van der Waals surface area contributed by atoms with Gasteiger partial charge in [0.1, 0.15) is 0 Å². The van der Waals surface area contributed by atoms with E-state index in [9.17, 15) is 4.79 Å². The largest absolute Gasteiger partial charge is 0.326 e. The molecule has 0 aliphatic rings. The van der Waals surface area contributed by atoms with Crippen LogP contribution in [0, 0.1) is 0 Å². The summed E-state index contributed by atoms with van der Waals surface area (Å²) in [6.07, 6.45) is 2.17. The lowest BCUT2D eigenvalue weighted by Gasteiger charge is -2.13. The summed E-state index contributed by atoms with van der Waals surface area (Å²) in [7, 11) is 0. The normalized spacial score (nSPS) is 12.2. The Balaban J connectivity index is 2.47. The number of rotatable bonds is 6. The molecule has 0 aliphatic heterocycles. The van der Waals surface area contributed by atoms with Crippen molar-refractivity contribution in [3.8, 4) is 0 Å². The Morgan fingerprint density at radius 1 is 1.29 bits per heavy atom. The van der Waals surface area contributed by atoms with Crippen molar-refractivity contribution in [1.82, 2.24) is 5.32 Å². The van der Waals surface area contributed by atoms with Crippen LogP contribution in [0.4, 0.5) is 5.69 Å². The fraction of sp³-hybridized carbons (Fsp3) is 0.500. The predicted octanol–water partition coefficient (Wildman–Crippen LogP) is 2.58. The second-order valence-corrected chi connectivity index (χ2v) is 4.44. The summed E-state index contributed by atoms with van der Waals surface area (Å²) in [6, 6.07) is 8.51. The highest BCUT2D eigenvalue weighted by Crippen LogP contribution is 2.11. The van der Waals surface area contributed by atoms with Crippen LogP contribution in [0.5, 0.6) is 0 Å². The summed E-state index contributed by atoms with van der Waals surface area (Å²) in [5.74, 6) is -0.0317. The van der Waals surface area contributed by atoms with Gasteiger partial charge in [-0.05, 0) is 44.0 Å². The van der Waals surface area contributed by atoms with E-state index in [1.807, 2.05) is 12.1 Å². The van der Waals surface area contributed by atoms with Crippen molar-refractivity contribution in [3.63, 3.8) is 0 Å². The average molecular weight is 234 g/mol. The molecule has 1 unspecified atom stereocenters. The Kier molecular flexibility index (Phi) is 5.70. The van der Waals surface area contributed by atoms with E-state index < -0.39 is 0 Å². The highest BCUT2D eigenvalue weighted by molar-refractivity contribution is 5.88. The maximum atomic E-state index is 10.9. The van der Waals surface area contributed by atoms with Crippen molar-refractivity contribution >= 4 is 11.6 Å². The smallest absolute Gasteiger partial charge is 0.221 e. The van der Waals surface area contributed by atoms with Gasteiger partial charge in [-0.25, -0.2) is 0 Å². The maximum absolute atomic E-state index is 10.9. The minimum absolute atomic E-state index is 0.0317. The standard InChI is InChI=1S/C14H22N2O/c1-4-9-15-11(2)10-13-5-7-14(8-6-13)16-12(3)17/h5-8,11,15H,4,9-10H2,1-3H3,(H,16,17). The quantitative estimate of drug-likeness (QED) is 0.794. The highest BCUT2D eigenvalue weighted by Gasteiger charge is 2.02. The lowest BCUT2D eigenvalue weighted by atomic mass is 10.1. The molecule has 94 valence electrons. The topological polar surface area (TPSA) is 41.1 Å². The van der Waals surface area contributed by atoms with E-state index in [0.29, 0.717) is 6.04 Å². The number of carbonyl (C=O) groups excluding carboxylic acids is 1. The second kappa shape index (κ2) is 7.07. The number of carbonyl (C=O) groups is 1. The number of benzene rings is 1. The first kappa shape index (κ1) is 13.7. The van der Waals surface area contributed by atoms with Gasteiger partial charge in [0.05, 0.1) is 0 Å². The molecule has 0 fully saturated rings. The van der Waals surface area contributed by atoms with Crippen LogP contribution in [0.2, 0.25) is 0 Å². The fourth-order valence-electron chi connectivity index (χ4n) is 1.74. The summed E-state index contributed by atoms with van der Waals surface area (Å²) >= 11 is 0. The number of anilines is 1. The van der Waals surface area contributed by atoms with Gasteiger partial charge in [0.2, 0.25) is 5.91 Å². The van der Waals surface area contributed by atoms with Crippen molar-refractivity contribution < 1.29 is 4.79 Å². The van der Waals surface area contributed by atoms with Crippen LogP contribution in [0.25, 0.3) is 0 Å². The first-order valence-corrected chi connectivity index (χ1v) is 6.21. The Morgan fingerprint density at radius 2 is 1.94 bits per heavy atom. The molecule has 1 rings (SSSR count). The Morgan fingerprint density at radius 3 is 2.47 bits per heavy atom. The molecule has 1 atom stereocenters. The van der Waals surface area contributed by atoms with E-state index in [4.69, 9.17) is 0 Å². The molecule has 1 aromatic carbocycles. The zero-order chi connectivity index (χ0) is 12.7. The van der Waals surface area contributed by atoms with Gasteiger partial charge in [-0.2, -0.15) is 0 Å². The van der Waals surface area contributed by atoms with E-state index in [0.717, 1.165) is 25.1 Å². The molecule has 0 spiro atoms. The summed E-state index contributed by atoms with van der Waals surface area (Å²) in [5, 5.41) is 6.22. The van der Waals surface area contributed by atoms with Gasteiger partial charge in [0.25, 0.3) is 0 Å². The molecule has 17 heavy (non-hydrogen) atoms. The first-order chi connectivity index (χ1) is 8.11. The molecule has 3 heteroatoms. The number of nitrogens with one attached hydrogen (secondary N) is 2. The first-order valence-electron chi connectivity index (χ1n) is 6.21. The molecular formula is C14H22N2O. The molecule has 0 radical (unpaired) electrons. The summed E-state index contributed by atoms with van der Waals surface area (Å²) < 4.78 is 0. The predicted molar refractivity (Wildman–Crippen MR) is 72.2 cm³/mol. The molecule has 2 N–H and O–H groups in total. The molecular weight excluding hydrogens is 212 g/mol. The summed E-state index contributed by atoms with van der Waals surface area (Å²) in [4.78, 5) is 10.9. The van der Waals surface area contributed by atoms with Crippen LogP contribution in [-0.4, -0.2) is 18.5 Å². The SMILES string of the molecule is CCCNC(C)Cc1ccc(NC(C)=O)cc1. The third-order valence-corrected chi connectivity index (χ3v) is 2.56. The van der Waals surface area contributed by atoms with Crippen molar-refractivity contribution in [2.75, 3.05) is 11.9 Å². The third-order valence-electron chi connectivity index (χ3n) is 2.56. The van der Waals surface area contributed by atoms with Crippen molar-refractivity contribution in [2.24, 2.45) is 0 Å². The summed E-state index contributed by atoms with van der Waals surface area (Å²) in [6.45, 7) is 6.94. The number of hydrogen-bond donors (Lipinski definition) is 2. The van der Waals surface area contributed by atoms with E-state index in [1.165, 1.54) is 12.5 Å². The van der Waals surface area contributed by atoms with Crippen LogP contribution in [0.15, 0.2) is 24.3 Å². The summed E-state index contributed by atoms with van der Waals surface area (Å²) in [5.41, 5.74) is 2.14. The minimum atomic E-state index is -0.0317. The van der Waals surface area contributed by atoms with E-state index in [-0.39, 0.29) is 5.91 Å². The van der Waals surface area contributed by atoms with Gasteiger partial charge in [0, 0.05) is 18.7 Å². The molecule has 3 nitrogen and oxygen atoms in total. The molecule has 0 aliphatic carbocycles. The van der Waals surface area contributed by atoms with Crippen molar-refractivity contribution in [3.05, 3.63) is 29.8 Å². The van der Waals surface area contributed by atoms with Crippen molar-refractivity contribution in [2.45, 2.75) is 39.7 Å². The zero-order valence-electron chi connectivity index (χ0n) is 10.9. The van der Waals surface area contributed by atoms with Crippen LogP contribution < -0.4 is 10.6 Å². The van der Waals surface area contributed by atoms with Gasteiger partial charge in [-0.15, -0.1) is 0 Å². The van der Waals surface area contributed by atoms with Crippen LogP contribution in [0.1, 0.15) is 32.8 Å². The average Bonchev–Trinajstić information content (AvgIpc) is 2.28. The zero-order valence-corrected chi connectivity index (χ0v) is 10.9. The van der Waals surface area contributed by atoms with Crippen LogP contribution in [0.3, 0.4) is 0 Å². The second-order valence-electron chi connectivity index (χ2n) is 4.44. The maximum Gasteiger partial charge on any atom is 0.221 e. The number of amides is 1. The van der Waals surface area contributed by atoms with Gasteiger partial charge in [0.15, 0.2) is 0 Å². The number of hydrogen-bond acceptors (Lipinski definition) is 2. The lowest BCUT2D eigenvalue weighted by Crippen LogP contribution is -2.28. The molecule has 1 aromatic rings. The minimum Gasteiger partial charge on any atom is -0.326 e. The van der Waals surface area contributed by atoms with E-state index in [2.05, 4.69) is 36.6 Å². The van der Waals surface area contributed by atoms with Crippen LogP contribution >= 0.6 is 0 Å². The molecule has 1 amide bonds. The molecule has 0 aromatic heterocycles. The van der Waals surface area contributed by atoms with Gasteiger partial charge < -0.3 is 10.6 Å². The fourth-order valence-corrected chi connectivity index (χ4v) is 1.74. The third kappa shape index (κ3) is 5.50.